The number of hydrogen-bond acceptors (Lipinski definition) is 2. The number of halogens is 2. The maximum absolute atomic E-state index is 6.16. The maximum atomic E-state index is 6.16. The van der Waals surface area contributed by atoms with Crippen LogP contribution in [0.4, 0.5) is 0 Å². The Morgan fingerprint density at radius 3 is 2.81 bits per heavy atom. The Morgan fingerprint density at radius 2 is 2.25 bits per heavy atom. The van der Waals surface area contributed by atoms with Crippen LogP contribution in [0, 0.1) is 0 Å². The van der Waals surface area contributed by atoms with Crippen LogP contribution in [0.3, 0.4) is 0 Å². The highest BCUT2D eigenvalue weighted by Gasteiger charge is 2.07. The van der Waals surface area contributed by atoms with E-state index >= 15 is 0 Å². The summed E-state index contributed by atoms with van der Waals surface area (Å²) < 4.78 is 11.1. The molecule has 0 heterocycles. The number of hydrogen-bond donors (Lipinski definition) is 0. The van der Waals surface area contributed by atoms with Crippen molar-refractivity contribution in [1.82, 2.24) is 0 Å². The van der Waals surface area contributed by atoms with Crippen molar-refractivity contribution in [3.05, 3.63) is 39.8 Å². The van der Waals surface area contributed by atoms with E-state index in [1.807, 2.05) is 12.1 Å². The number of methoxy groups -OCH3 is 1. The molecule has 0 aromatic heterocycles. The molecule has 0 saturated carbocycles. The van der Waals surface area contributed by atoms with Gasteiger partial charge in [-0.1, -0.05) is 33.6 Å². The van der Waals surface area contributed by atoms with E-state index in [4.69, 9.17) is 21.1 Å². The summed E-state index contributed by atoms with van der Waals surface area (Å²) in [5, 5.41) is 0.697. The molecule has 0 aliphatic carbocycles. The Bertz CT molecular complexity index is 343. The predicted octanol–water partition coefficient (Wildman–Crippen LogP) is 4.20. The summed E-state index contributed by atoms with van der Waals surface area (Å²) in [6.07, 6.45) is 3.64. The summed E-state index contributed by atoms with van der Waals surface area (Å²) in [6.45, 7) is 3.91. The zero-order valence-corrected chi connectivity index (χ0v) is 11.5. The molecular formula is C12H14BrClO2. The molecule has 4 heteroatoms. The van der Waals surface area contributed by atoms with Crippen LogP contribution in [-0.4, -0.2) is 13.9 Å². The standard InChI is InChI=1S/C12H14BrClO2/c1-3-4-5-10-11(13)6-9(7-12(10)14)16-8-15-2/h3,6-7H,1,4-5,8H2,2H3. The second kappa shape index (κ2) is 6.94. The first-order valence-electron chi connectivity index (χ1n) is 4.89. The smallest absolute Gasteiger partial charge is 0.188 e. The second-order valence-electron chi connectivity index (χ2n) is 3.24. The molecule has 0 aliphatic rings. The first-order chi connectivity index (χ1) is 7.69. The minimum atomic E-state index is 0.217. The lowest BCUT2D eigenvalue weighted by Crippen LogP contribution is -1.99. The van der Waals surface area contributed by atoms with Crippen molar-refractivity contribution in [2.24, 2.45) is 0 Å². The lowest BCUT2D eigenvalue weighted by atomic mass is 10.1. The Morgan fingerprint density at radius 1 is 1.50 bits per heavy atom. The van der Waals surface area contributed by atoms with Crippen molar-refractivity contribution in [2.75, 3.05) is 13.9 Å². The van der Waals surface area contributed by atoms with Crippen LogP contribution in [0.2, 0.25) is 5.02 Å². The zero-order valence-electron chi connectivity index (χ0n) is 9.13. The van der Waals surface area contributed by atoms with Crippen molar-refractivity contribution in [1.29, 1.82) is 0 Å². The van der Waals surface area contributed by atoms with E-state index in [0.29, 0.717) is 10.8 Å². The third kappa shape index (κ3) is 3.81. The van der Waals surface area contributed by atoms with Crippen LogP contribution in [0.5, 0.6) is 5.75 Å². The van der Waals surface area contributed by atoms with Gasteiger partial charge in [0.2, 0.25) is 0 Å². The molecule has 0 atom stereocenters. The monoisotopic (exact) mass is 304 g/mol. The van der Waals surface area contributed by atoms with Crippen molar-refractivity contribution < 1.29 is 9.47 Å². The molecule has 0 unspecified atom stereocenters. The van der Waals surface area contributed by atoms with Gasteiger partial charge in [0, 0.05) is 16.6 Å². The van der Waals surface area contributed by atoms with Crippen LogP contribution < -0.4 is 4.74 Å². The fourth-order valence-electron chi connectivity index (χ4n) is 1.28. The van der Waals surface area contributed by atoms with Crippen LogP contribution in [0.1, 0.15) is 12.0 Å². The van der Waals surface area contributed by atoms with Gasteiger partial charge < -0.3 is 9.47 Å². The topological polar surface area (TPSA) is 18.5 Å². The van der Waals surface area contributed by atoms with Crippen LogP contribution >= 0.6 is 27.5 Å². The van der Waals surface area contributed by atoms with Gasteiger partial charge in [0.05, 0.1) is 0 Å². The third-order valence-corrected chi connectivity index (χ3v) is 3.10. The van der Waals surface area contributed by atoms with Crippen molar-refractivity contribution in [3.63, 3.8) is 0 Å². The summed E-state index contributed by atoms with van der Waals surface area (Å²) in [5.41, 5.74) is 1.08. The van der Waals surface area contributed by atoms with E-state index in [-0.39, 0.29) is 6.79 Å². The largest absolute Gasteiger partial charge is 0.467 e. The molecular weight excluding hydrogens is 291 g/mol. The third-order valence-electron chi connectivity index (χ3n) is 2.06. The quantitative estimate of drug-likeness (QED) is 0.579. The lowest BCUT2D eigenvalue weighted by Gasteiger charge is -2.10. The molecule has 0 fully saturated rings. The van der Waals surface area contributed by atoms with E-state index in [9.17, 15) is 0 Å². The normalized spacial score (nSPS) is 10.2. The van der Waals surface area contributed by atoms with Gasteiger partial charge >= 0.3 is 0 Å². The molecule has 2 nitrogen and oxygen atoms in total. The highest BCUT2D eigenvalue weighted by atomic mass is 79.9. The highest BCUT2D eigenvalue weighted by Crippen LogP contribution is 2.31. The van der Waals surface area contributed by atoms with E-state index in [2.05, 4.69) is 22.5 Å². The van der Waals surface area contributed by atoms with Crippen molar-refractivity contribution >= 4 is 27.5 Å². The van der Waals surface area contributed by atoms with Gasteiger partial charge in [-0.3, -0.25) is 0 Å². The molecule has 0 amide bonds. The molecule has 1 aromatic rings. The van der Waals surface area contributed by atoms with E-state index in [0.717, 1.165) is 22.9 Å². The minimum absolute atomic E-state index is 0.217. The second-order valence-corrected chi connectivity index (χ2v) is 4.51. The molecule has 88 valence electrons. The highest BCUT2D eigenvalue weighted by molar-refractivity contribution is 9.10. The summed E-state index contributed by atoms with van der Waals surface area (Å²) in [5.74, 6) is 0.695. The maximum Gasteiger partial charge on any atom is 0.188 e. The molecule has 1 aromatic carbocycles. The van der Waals surface area contributed by atoms with Crippen molar-refractivity contribution in [3.8, 4) is 5.75 Å². The number of benzene rings is 1. The van der Waals surface area contributed by atoms with Gasteiger partial charge in [-0.05, 0) is 30.5 Å². The fourth-order valence-corrected chi connectivity index (χ4v) is 2.33. The first-order valence-corrected chi connectivity index (χ1v) is 6.06. The summed E-state index contributed by atoms with van der Waals surface area (Å²) in [7, 11) is 1.58. The van der Waals surface area contributed by atoms with E-state index in [1.165, 1.54) is 0 Å². The van der Waals surface area contributed by atoms with Crippen molar-refractivity contribution in [2.45, 2.75) is 12.8 Å². The zero-order chi connectivity index (χ0) is 12.0. The van der Waals surface area contributed by atoms with Crippen LogP contribution in [-0.2, 0) is 11.2 Å². The first kappa shape index (κ1) is 13.6. The van der Waals surface area contributed by atoms with Gasteiger partial charge in [-0.15, -0.1) is 6.58 Å². The van der Waals surface area contributed by atoms with Gasteiger partial charge in [-0.2, -0.15) is 0 Å². The summed E-state index contributed by atoms with van der Waals surface area (Å²) >= 11 is 9.64. The van der Waals surface area contributed by atoms with Gasteiger partial charge in [0.25, 0.3) is 0 Å². The SMILES string of the molecule is C=CCCc1c(Cl)cc(OCOC)cc1Br. The number of ether oxygens (including phenoxy) is 2. The summed E-state index contributed by atoms with van der Waals surface area (Å²) in [4.78, 5) is 0. The molecule has 0 spiro atoms. The van der Waals surface area contributed by atoms with Gasteiger partial charge in [-0.25, -0.2) is 0 Å². The Labute approximate surface area is 109 Å². The van der Waals surface area contributed by atoms with Gasteiger partial charge in [0.15, 0.2) is 6.79 Å². The predicted molar refractivity (Wildman–Crippen MR) is 70.2 cm³/mol. The molecule has 0 aliphatic heterocycles. The number of allylic oxidation sites excluding steroid dienone is 1. The van der Waals surface area contributed by atoms with E-state index in [1.54, 1.807) is 13.2 Å². The molecule has 16 heavy (non-hydrogen) atoms. The fraction of sp³-hybridized carbons (Fsp3) is 0.333. The molecule has 1 rings (SSSR count). The number of rotatable bonds is 6. The molecule has 0 saturated heterocycles. The molecule has 0 N–H and O–H groups in total. The Balaban J connectivity index is 2.84. The lowest BCUT2D eigenvalue weighted by molar-refractivity contribution is 0.0511. The van der Waals surface area contributed by atoms with E-state index < -0.39 is 0 Å². The average molecular weight is 306 g/mol. The van der Waals surface area contributed by atoms with Crippen LogP contribution in [0.25, 0.3) is 0 Å². The molecule has 0 bridgehead atoms. The Hall–Kier alpha value is -0.510. The Kier molecular flexibility index (Phi) is 5.88. The minimum Gasteiger partial charge on any atom is -0.467 e. The average Bonchev–Trinajstić information content (AvgIpc) is 2.25. The van der Waals surface area contributed by atoms with Crippen LogP contribution in [0.15, 0.2) is 29.3 Å². The van der Waals surface area contributed by atoms with Gasteiger partial charge in [0.1, 0.15) is 5.75 Å². The summed E-state index contributed by atoms with van der Waals surface area (Å²) in [6, 6.07) is 3.69. The molecule has 0 radical (unpaired) electrons.